The van der Waals surface area contributed by atoms with Gasteiger partial charge in [0, 0.05) is 13.1 Å². The number of carbonyl (C=O) groups is 1. The fraction of sp³-hybridized carbons (Fsp3) is 0.353. The van der Waals surface area contributed by atoms with E-state index in [1.54, 1.807) is 4.90 Å². The van der Waals surface area contributed by atoms with Gasteiger partial charge >= 0.3 is 6.18 Å². The second-order valence-corrected chi connectivity index (χ2v) is 5.36. The molecule has 0 bridgehead atoms. The van der Waals surface area contributed by atoms with E-state index in [2.05, 4.69) is 6.58 Å². The van der Waals surface area contributed by atoms with Crippen LogP contribution in [0.1, 0.15) is 17.5 Å². The summed E-state index contributed by atoms with van der Waals surface area (Å²) in [5.41, 5.74) is 0.205. The average Bonchev–Trinajstić information content (AvgIpc) is 2.95. The highest BCUT2D eigenvalue weighted by Gasteiger charge is 2.29. The van der Waals surface area contributed by atoms with Gasteiger partial charge in [-0.1, -0.05) is 30.9 Å². The van der Waals surface area contributed by atoms with E-state index in [4.69, 9.17) is 0 Å². The SMILES string of the molecule is C=CC(=O)N1CCC(/C=C/Cc2ccc(C(F)(F)F)cc2)C1. The number of alkyl halides is 3. The Kier molecular flexibility index (Phi) is 5.06. The molecule has 1 fully saturated rings. The van der Waals surface area contributed by atoms with Gasteiger partial charge in [-0.05, 0) is 42.5 Å². The van der Waals surface area contributed by atoms with Gasteiger partial charge < -0.3 is 4.90 Å². The van der Waals surface area contributed by atoms with Crippen molar-refractivity contribution < 1.29 is 18.0 Å². The van der Waals surface area contributed by atoms with E-state index in [1.807, 2.05) is 12.2 Å². The van der Waals surface area contributed by atoms with Crippen molar-refractivity contribution >= 4 is 5.91 Å². The fourth-order valence-electron chi connectivity index (χ4n) is 2.50. The first-order valence-corrected chi connectivity index (χ1v) is 7.14. The van der Waals surface area contributed by atoms with Gasteiger partial charge in [0.2, 0.25) is 5.91 Å². The zero-order valence-electron chi connectivity index (χ0n) is 12.1. The molecular formula is C17H18F3NO. The molecule has 0 saturated carbocycles. The lowest BCUT2D eigenvalue weighted by molar-refractivity contribution is -0.137. The molecule has 1 saturated heterocycles. The number of benzene rings is 1. The van der Waals surface area contributed by atoms with E-state index in [0.29, 0.717) is 18.9 Å². The first kappa shape index (κ1) is 16.3. The normalized spacial score (nSPS) is 18.9. The number of nitrogens with zero attached hydrogens (tertiary/aromatic N) is 1. The minimum absolute atomic E-state index is 0.0568. The summed E-state index contributed by atoms with van der Waals surface area (Å²) >= 11 is 0. The highest BCUT2D eigenvalue weighted by molar-refractivity contribution is 5.87. The van der Waals surface area contributed by atoms with E-state index in [0.717, 1.165) is 30.7 Å². The van der Waals surface area contributed by atoms with Gasteiger partial charge in [0.1, 0.15) is 0 Å². The Labute approximate surface area is 127 Å². The second-order valence-electron chi connectivity index (χ2n) is 5.36. The number of allylic oxidation sites excluding steroid dienone is 1. The third-order valence-corrected chi connectivity index (χ3v) is 3.75. The van der Waals surface area contributed by atoms with Crippen molar-refractivity contribution in [3.05, 3.63) is 60.2 Å². The number of carbonyl (C=O) groups excluding carboxylic acids is 1. The molecule has 5 heteroatoms. The third-order valence-electron chi connectivity index (χ3n) is 3.75. The number of rotatable bonds is 4. The van der Waals surface area contributed by atoms with E-state index < -0.39 is 11.7 Å². The summed E-state index contributed by atoms with van der Waals surface area (Å²) in [6, 6.07) is 5.19. The molecule has 2 nitrogen and oxygen atoms in total. The second kappa shape index (κ2) is 6.81. The maximum atomic E-state index is 12.5. The van der Waals surface area contributed by atoms with E-state index in [9.17, 15) is 18.0 Å². The van der Waals surface area contributed by atoms with Gasteiger partial charge in [-0.15, -0.1) is 0 Å². The lowest BCUT2D eigenvalue weighted by atomic mass is 10.1. The van der Waals surface area contributed by atoms with Gasteiger partial charge in [0.25, 0.3) is 0 Å². The Morgan fingerprint density at radius 3 is 2.59 bits per heavy atom. The minimum Gasteiger partial charge on any atom is -0.339 e. The highest BCUT2D eigenvalue weighted by Crippen LogP contribution is 2.29. The van der Waals surface area contributed by atoms with Crippen molar-refractivity contribution in [1.29, 1.82) is 0 Å². The Morgan fingerprint density at radius 1 is 1.32 bits per heavy atom. The topological polar surface area (TPSA) is 20.3 Å². The monoisotopic (exact) mass is 309 g/mol. The molecule has 1 aromatic carbocycles. The van der Waals surface area contributed by atoms with Gasteiger partial charge in [0.05, 0.1) is 5.56 Å². The molecule has 0 radical (unpaired) electrons. The molecule has 22 heavy (non-hydrogen) atoms. The molecule has 0 N–H and O–H groups in total. The number of likely N-dealkylation sites (tertiary alicyclic amines) is 1. The summed E-state index contributed by atoms with van der Waals surface area (Å²) in [5.74, 6) is 0.247. The maximum Gasteiger partial charge on any atom is 0.416 e. The molecule has 1 aliphatic rings. The van der Waals surface area contributed by atoms with Crippen LogP contribution >= 0.6 is 0 Å². The zero-order chi connectivity index (χ0) is 16.2. The van der Waals surface area contributed by atoms with Crippen LogP contribution in [0.2, 0.25) is 0 Å². The predicted octanol–water partition coefficient (Wildman–Crippen LogP) is 3.84. The summed E-state index contributed by atoms with van der Waals surface area (Å²) in [6.07, 6.45) is 2.50. The Bertz CT molecular complexity index is 560. The standard InChI is InChI=1S/C17H18F3NO/c1-2-16(22)21-11-10-14(12-21)5-3-4-13-6-8-15(9-7-13)17(18,19)20/h2-3,5-9,14H,1,4,10-12H2/b5-3+. The Morgan fingerprint density at radius 2 is 2.00 bits per heavy atom. The molecule has 2 rings (SSSR count). The maximum absolute atomic E-state index is 12.5. The molecule has 118 valence electrons. The van der Waals surface area contributed by atoms with Gasteiger partial charge in [-0.25, -0.2) is 0 Å². The van der Waals surface area contributed by atoms with Crippen molar-refractivity contribution in [3.63, 3.8) is 0 Å². The van der Waals surface area contributed by atoms with Crippen molar-refractivity contribution in [1.82, 2.24) is 4.90 Å². The van der Waals surface area contributed by atoms with E-state index >= 15 is 0 Å². The van der Waals surface area contributed by atoms with Crippen LogP contribution in [0, 0.1) is 5.92 Å². The molecule has 1 aromatic rings. The average molecular weight is 309 g/mol. The zero-order valence-corrected chi connectivity index (χ0v) is 12.1. The Balaban J connectivity index is 1.86. The number of hydrogen-bond donors (Lipinski definition) is 0. The minimum atomic E-state index is -4.29. The van der Waals surface area contributed by atoms with Crippen molar-refractivity contribution in [2.75, 3.05) is 13.1 Å². The van der Waals surface area contributed by atoms with Crippen LogP contribution in [0.15, 0.2) is 49.1 Å². The van der Waals surface area contributed by atoms with Crippen LogP contribution in [0.4, 0.5) is 13.2 Å². The smallest absolute Gasteiger partial charge is 0.339 e. The first-order valence-electron chi connectivity index (χ1n) is 7.14. The number of amides is 1. The van der Waals surface area contributed by atoms with Crippen LogP contribution in [0.5, 0.6) is 0 Å². The van der Waals surface area contributed by atoms with Crippen molar-refractivity contribution in [3.8, 4) is 0 Å². The van der Waals surface area contributed by atoms with Crippen LogP contribution in [-0.4, -0.2) is 23.9 Å². The molecule has 1 heterocycles. The summed E-state index contributed by atoms with van der Waals surface area (Å²) < 4.78 is 37.4. The number of halogens is 3. The summed E-state index contributed by atoms with van der Waals surface area (Å²) in [4.78, 5) is 13.2. The lowest BCUT2D eigenvalue weighted by Gasteiger charge is -2.12. The van der Waals surface area contributed by atoms with Crippen molar-refractivity contribution in [2.45, 2.75) is 19.0 Å². The molecular weight excluding hydrogens is 291 g/mol. The summed E-state index contributed by atoms with van der Waals surface area (Å²) in [7, 11) is 0. The summed E-state index contributed by atoms with van der Waals surface area (Å²) in [5, 5.41) is 0. The van der Waals surface area contributed by atoms with Gasteiger partial charge in [0.15, 0.2) is 0 Å². The molecule has 0 aliphatic carbocycles. The Hall–Kier alpha value is -2.04. The largest absolute Gasteiger partial charge is 0.416 e. The first-order chi connectivity index (χ1) is 10.4. The van der Waals surface area contributed by atoms with E-state index in [-0.39, 0.29) is 5.91 Å². The lowest BCUT2D eigenvalue weighted by Crippen LogP contribution is -2.26. The molecule has 1 atom stereocenters. The number of hydrogen-bond acceptors (Lipinski definition) is 1. The van der Waals surface area contributed by atoms with Crippen LogP contribution in [0.25, 0.3) is 0 Å². The molecule has 1 unspecified atom stereocenters. The van der Waals surface area contributed by atoms with Gasteiger partial charge in [-0.2, -0.15) is 13.2 Å². The van der Waals surface area contributed by atoms with Crippen LogP contribution in [0.3, 0.4) is 0 Å². The highest BCUT2D eigenvalue weighted by atomic mass is 19.4. The summed E-state index contributed by atoms with van der Waals surface area (Å²) in [6.45, 7) is 4.86. The molecule has 0 spiro atoms. The molecule has 1 aliphatic heterocycles. The van der Waals surface area contributed by atoms with E-state index in [1.165, 1.54) is 18.2 Å². The van der Waals surface area contributed by atoms with Crippen LogP contribution < -0.4 is 0 Å². The van der Waals surface area contributed by atoms with Crippen molar-refractivity contribution in [2.24, 2.45) is 5.92 Å². The quantitative estimate of drug-likeness (QED) is 0.611. The molecule has 0 aromatic heterocycles. The van der Waals surface area contributed by atoms with Gasteiger partial charge in [-0.3, -0.25) is 4.79 Å². The third kappa shape index (κ3) is 4.23. The fourth-order valence-corrected chi connectivity index (χ4v) is 2.50. The molecule has 1 amide bonds. The predicted molar refractivity (Wildman–Crippen MR) is 79.2 cm³/mol. The van der Waals surface area contributed by atoms with Crippen LogP contribution in [-0.2, 0) is 17.4 Å².